The van der Waals surface area contributed by atoms with E-state index in [2.05, 4.69) is 10.6 Å². The number of rotatable bonds is 5. The van der Waals surface area contributed by atoms with Gasteiger partial charge in [0.25, 0.3) is 0 Å². The summed E-state index contributed by atoms with van der Waals surface area (Å²) in [6.07, 6.45) is 0. The molecule has 7 heteroatoms. The number of carbonyl (C=O) groups excluding carboxylic acids is 3. The van der Waals surface area contributed by atoms with E-state index in [1.54, 1.807) is 24.3 Å². The second-order valence-electron chi connectivity index (χ2n) is 6.30. The Hall–Kier alpha value is -3.09. The van der Waals surface area contributed by atoms with Crippen LogP contribution in [0.25, 0.3) is 0 Å². The van der Waals surface area contributed by atoms with E-state index in [4.69, 9.17) is 0 Å². The fourth-order valence-corrected chi connectivity index (χ4v) is 2.04. The summed E-state index contributed by atoms with van der Waals surface area (Å²) >= 11 is 0. The van der Waals surface area contributed by atoms with Crippen molar-refractivity contribution in [1.29, 1.82) is 0 Å². The molecule has 0 aromatic heterocycles. The second kappa shape index (κ2) is 7.43. The zero-order valence-corrected chi connectivity index (χ0v) is 14.5. The van der Waals surface area contributed by atoms with Crippen LogP contribution in [0.3, 0.4) is 0 Å². The first-order valence-corrected chi connectivity index (χ1v) is 7.80. The molecule has 0 bridgehead atoms. The Balaban J connectivity index is 2.09. The molecule has 0 spiro atoms. The highest BCUT2D eigenvalue weighted by Crippen LogP contribution is 2.22. The first-order valence-electron chi connectivity index (χ1n) is 7.80. The van der Waals surface area contributed by atoms with Crippen molar-refractivity contribution in [2.24, 2.45) is 5.41 Å². The van der Waals surface area contributed by atoms with Gasteiger partial charge in [0.15, 0.2) is 17.4 Å². The number of hydrogen-bond donors (Lipinski definition) is 2. The van der Waals surface area contributed by atoms with E-state index in [0.717, 1.165) is 12.1 Å². The number of hydrogen-bond acceptors (Lipinski definition) is 3. The fraction of sp³-hybridized carbons (Fsp3) is 0.211. The van der Waals surface area contributed by atoms with Crippen molar-refractivity contribution in [3.05, 3.63) is 59.7 Å². The molecule has 0 aliphatic carbocycles. The Morgan fingerprint density at radius 3 is 1.81 bits per heavy atom. The van der Waals surface area contributed by atoms with Gasteiger partial charge in [-0.1, -0.05) is 0 Å². The lowest BCUT2D eigenvalue weighted by Crippen LogP contribution is -2.41. The molecule has 0 heterocycles. The Bertz CT molecular complexity index is 862. The van der Waals surface area contributed by atoms with Crippen molar-refractivity contribution < 1.29 is 23.2 Å². The lowest BCUT2D eigenvalue weighted by Gasteiger charge is -2.23. The van der Waals surface area contributed by atoms with Gasteiger partial charge in [0.1, 0.15) is 5.41 Å². The molecule has 0 saturated carbocycles. The number of benzene rings is 2. The third-order valence-corrected chi connectivity index (χ3v) is 3.86. The average molecular weight is 360 g/mol. The minimum atomic E-state index is -1.48. The van der Waals surface area contributed by atoms with Gasteiger partial charge in [0.2, 0.25) is 11.8 Å². The number of amides is 2. The van der Waals surface area contributed by atoms with Gasteiger partial charge in [-0.05, 0) is 57.2 Å². The highest BCUT2D eigenvalue weighted by Gasteiger charge is 2.36. The van der Waals surface area contributed by atoms with Gasteiger partial charge in [-0.15, -0.1) is 0 Å². The second-order valence-corrected chi connectivity index (χ2v) is 6.30. The van der Waals surface area contributed by atoms with E-state index in [1.165, 1.54) is 26.8 Å². The maximum Gasteiger partial charge on any atom is 0.239 e. The van der Waals surface area contributed by atoms with E-state index < -0.39 is 28.9 Å². The van der Waals surface area contributed by atoms with Crippen LogP contribution >= 0.6 is 0 Å². The predicted molar refractivity (Wildman–Crippen MR) is 93.8 cm³/mol. The predicted octanol–water partition coefficient (Wildman–Crippen LogP) is 3.77. The summed E-state index contributed by atoms with van der Waals surface area (Å²) in [6, 6.07) is 9.15. The Kier molecular flexibility index (Phi) is 5.50. The molecule has 2 aromatic rings. The average Bonchev–Trinajstić information content (AvgIpc) is 2.58. The van der Waals surface area contributed by atoms with E-state index in [0.29, 0.717) is 11.3 Å². The van der Waals surface area contributed by atoms with Crippen LogP contribution in [0.2, 0.25) is 0 Å². The molecule has 0 unspecified atom stereocenters. The molecule has 5 nitrogen and oxygen atoms in total. The smallest absolute Gasteiger partial charge is 0.239 e. The lowest BCUT2D eigenvalue weighted by molar-refractivity contribution is -0.135. The van der Waals surface area contributed by atoms with Crippen molar-refractivity contribution in [3.8, 4) is 0 Å². The third kappa shape index (κ3) is 4.30. The van der Waals surface area contributed by atoms with Gasteiger partial charge in [-0.2, -0.15) is 0 Å². The zero-order valence-electron chi connectivity index (χ0n) is 14.5. The van der Waals surface area contributed by atoms with Crippen LogP contribution in [-0.2, 0) is 9.59 Å². The van der Waals surface area contributed by atoms with Gasteiger partial charge in [0.05, 0.1) is 0 Å². The molecule has 0 fully saturated rings. The molecule has 2 N–H and O–H groups in total. The maximum absolute atomic E-state index is 13.2. The first-order chi connectivity index (χ1) is 12.1. The summed E-state index contributed by atoms with van der Waals surface area (Å²) in [5, 5.41) is 4.98. The molecular weight excluding hydrogens is 342 g/mol. The standard InChI is InChI=1S/C19H18F2N2O3/c1-11(24)12-4-6-13(7-5-12)22-17(25)19(2,3)18(26)23-14-8-9-15(20)16(21)10-14/h4-10H,1-3H3,(H,22,25)(H,23,26). The summed E-state index contributed by atoms with van der Waals surface area (Å²) in [5.74, 6) is -3.51. The number of Topliss-reactive ketones (excluding diaryl/α,β-unsaturated/α-hetero) is 1. The van der Waals surface area contributed by atoms with E-state index >= 15 is 0 Å². The van der Waals surface area contributed by atoms with Gasteiger partial charge < -0.3 is 10.6 Å². The van der Waals surface area contributed by atoms with Crippen molar-refractivity contribution in [2.45, 2.75) is 20.8 Å². The highest BCUT2D eigenvalue weighted by molar-refractivity contribution is 6.14. The van der Waals surface area contributed by atoms with Gasteiger partial charge in [-0.25, -0.2) is 8.78 Å². The highest BCUT2D eigenvalue weighted by atomic mass is 19.2. The molecule has 2 rings (SSSR count). The van der Waals surface area contributed by atoms with Crippen molar-refractivity contribution in [1.82, 2.24) is 0 Å². The zero-order chi connectivity index (χ0) is 19.5. The number of halogens is 2. The molecule has 0 radical (unpaired) electrons. The minimum absolute atomic E-state index is 0.0422. The summed E-state index contributed by atoms with van der Waals surface area (Å²) in [6.45, 7) is 4.24. The van der Waals surface area contributed by atoms with Crippen LogP contribution in [0.5, 0.6) is 0 Å². The summed E-state index contributed by atoms with van der Waals surface area (Å²) in [7, 11) is 0. The first kappa shape index (κ1) is 19.2. The van der Waals surface area contributed by atoms with Crippen molar-refractivity contribution >= 4 is 29.0 Å². The molecular formula is C19H18F2N2O3. The molecule has 2 aromatic carbocycles. The van der Waals surface area contributed by atoms with Crippen LogP contribution in [0, 0.1) is 17.0 Å². The van der Waals surface area contributed by atoms with Crippen LogP contribution in [0.15, 0.2) is 42.5 Å². The normalized spacial score (nSPS) is 11.0. The van der Waals surface area contributed by atoms with E-state index in [-0.39, 0.29) is 11.5 Å². The molecule has 0 aliphatic heterocycles. The van der Waals surface area contributed by atoms with Crippen LogP contribution < -0.4 is 10.6 Å². The molecule has 2 amide bonds. The van der Waals surface area contributed by atoms with Crippen molar-refractivity contribution in [3.63, 3.8) is 0 Å². The van der Waals surface area contributed by atoms with Gasteiger partial charge in [0, 0.05) is 23.0 Å². The SMILES string of the molecule is CC(=O)c1ccc(NC(=O)C(C)(C)C(=O)Nc2ccc(F)c(F)c2)cc1. The van der Waals surface area contributed by atoms with Gasteiger partial charge >= 0.3 is 0 Å². The molecule has 0 saturated heterocycles. The van der Waals surface area contributed by atoms with E-state index in [9.17, 15) is 23.2 Å². The molecule has 26 heavy (non-hydrogen) atoms. The monoisotopic (exact) mass is 360 g/mol. The number of carbonyl (C=O) groups is 3. The Labute approximate surface area is 149 Å². The van der Waals surface area contributed by atoms with Crippen LogP contribution in [0.4, 0.5) is 20.2 Å². The van der Waals surface area contributed by atoms with Crippen LogP contribution in [-0.4, -0.2) is 17.6 Å². The number of anilines is 2. The summed E-state index contributed by atoms with van der Waals surface area (Å²) < 4.78 is 26.2. The third-order valence-electron chi connectivity index (χ3n) is 3.86. The molecule has 136 valence electrons. The number of ketones is 1. The van der Waals surface area contributed by atoms with Crippen LogP contribution in [0.1, 0.15) is 31.1 Å². The largest absolute Gasteiger partial charge is 0.325 e. The Morgan fingerprint density at radius 2 is 1.31 bits per heavy atom. The lowest BCUT2D eigenvalue weighted by atomic mass is 9.90. The summed E-state index contributed by atoms with van der Waals surface area (Å²) in [4.78, 5) is 36.1. The van der Waals surface area contributed by atoms with Crippen molar-refractivity contribution in [2.75, 3.05) is 10.6 Å². The fourth-order valence-electron chi connectivity index (χ4n) is 2.04. The minimum Gasteiger partial charge on any atom is -0.325 e. The number of nitrogens with one attached hydrogen (secondary N) is 2. The summed E-state index contributed by atoms with van der Waals surface area (Å²) in [5.41, 5.74) is -0.517. The van der Waals surface area contributed by atoms with E-state index in [1.807, 2.05) is 0 Å². The molecule has 0 atom stereocenters. The topological polar surface area (TPSA) is 75.3 Å². The quantitative estimate of drug-likeness (QED) is 0.630. The maximum atomic E-state index is 13.2. The Morgan fingerprint density at radius 1 is 0.808 bits per heavy atom. The molecule has 0 aliphatic rings. The van der Waals surface area contributed by atoms with Gasteiger partial charge in [-0.3, -0.25) is 14.4 Å².